The lowest BCUT2D eigenvalue weighted by atomic mass is 9.80. The minimum Gasteiger partial charge on any atom is -0.493 e. The van der Waals surface area contributed by atoms with Gasteiger partial charge in [0, 0.05) is 6.04 Å². The van der Waals surface area contributed by atoms with Gasteiger partial charge in [-0.3, -0.25) is 0 Å². The summed E-state index contributed by atoms with van der Waals surface area (Å²) < 4.78 is 10.9. The Morgan fingerprint density at radius 3 is 2.67 bits per heavy atom. The first-order valence-electron chi connectivity index (χ1n) is 6.82. The Balaban J connectivity index is 2.24. The lowest BCUT2D eigenvalue weighted by molar-refractivity contribution is 0.309. The van der Waals surface area contributed by atoms with Gasteiger partial charge in [0.15, 0.2) is 11.5 Å². The third-order valence-electron chi connectivity index (χ3n) is 3.74. The summed E-state index contributed by atoms with van der Waals surface area (Å²) in [6.07, 6.45) is 4.83. The standard InChI is InChI=1S/C15H23NO2/c1-3-18-15-10-11(8-9-14(15)17-2)12-6-4-5-7-13(12)16/h8-10,12-13H,3-7,16H2,1-2H3/t12-,13-/m1/s1. The van der Waals surface area contributed by atoms with Crippen LogP contribution in [0.25, 0.3) is 0 Å². The molecule has 0 unspecified atom stereocenters. The van der Waals surface area contributed by atoms with Crippen LogP contribution in [0.5, 0.6) is 11.5 Å². The minimum absolute atomic E-state index is 0.279. The average Bonchev–Trinajstić information content (AvgIpc) is 2.40. The van der Waals surface area contributed by atoms with Crippen LogP contribution in [0, 0.1) is 0 Å². The summed E-state index contributed by atoms with van der Waals surface area (Å²) in [6.45, 7) is 2.63. The van der Waals surface area contributed by atoms with Gasteiger partial charge < -0.3 is 15.2 Å². The van der Waals surface area contributed by atoms with E-state index in [0.29, 0.717) is 12.5 Å². The molecule has 1 fully saturated rings. The summed E-state index contributed by atoms with van der Waals surface area (Å²) >= 11 is 0. The van der Waals surface area contributed by atoms with E-state index in [2.05, 4.69) is 12.1 Å². The zero-order valence-corrected chi connectivity index (χ0v) is 11.3. The van der Waals surface area contributed by atoms with Crippen LogP contribution in [0.3, 0.4) is 0 Å². The van der Waals surface area contributed by atoms with Crippen molar-refractivity contribution in [3.05, 3.63) is 23.8 Å². The Bertz CT molecular complexity index is 392. The Hall–Kier alpha value is -1.22. The third-order valence-corrected chi connectivity index (χ3v) is 3.74. The molecule has 0 aromatic heterocycles. The molecule has 1 aliphatic carbocycles. The molecular formula is C15H23NO2. The number of hydrogen-bond acceptors (Lipinski definition) is 3. The molecule has 0 amide bonds. The molecule has 0 heterocycles. The number of rotatable bonds is 4. The van der Waals surface area contributed by atoms with Gasteiger partial charge in [0.2, 0.25) is 0 Å². The molecule has 3 heteroatoms. The van der Waals surface area contributed by atoms with Gasteiger partial charge in [-0.25, -0.2) is 0 Å². The van der Waals surface area contributed by atoms with Crippen LogP contribution in [0.4, 0.5) is 0 Å². The Morgan fingerprint density at radius 1 is 1.22 bits per heavy atom. The molecule has 0 spiro atoms. The summed E-state index contributed by atoms with van der Waals surface area (Å²) in [5, 5.41) is 0. The van der Waals surface area contributed by atoms with Crippen molar-refractivity contribution >= 4 is 0 Å². The molecule has 100 valence electrons. The van der Waals surface area contributed by atoms with E-state index in [1.807, 2.05) is 13.0 Å². The quantitative estimate of drug-likeness (QED) is 0.892. The zero-order valence-electron chi connectivity index (χ0n) is 11.3. The molecule has 3 nitrogen and oxygen atoms in total. The van der Waals surface area contributed by atoms with Crippen LogP contribution in [-0.2, 0) is 0 Å². The fourth-order valence-electron chi connectivity index (χ4n) is 2.77. The van der Waals surface area contributed by atoms with Gasteiger partial charge in [-0.1, -0.05) is 18.9 Å². The molecule has 0 saturated heterocycles. The van der Waals surface area contributed by atoms with E-state index in [1.165, 1.54) is 24.8 Å². The predicted molar refractivity (Wildman–Crippen MR) is 73.3 cm³/mol. The maximum absolute atomic E-state index is 6.23. The van der Waals surface area contributed by atoms with Gasteiger partial charge in [-0.15, -0.1) is 0 Å². The average molecular weight is 249 g/mol. The highest BCUT2D eigenvalue weighted by atomic mass is 16.5. The smallest absolute Gasteiger partial charge is 0.161 e. The largest absolute Gasteiger partial charge is 0.493 e. The number of methoxy groups -OCH3 is 1. The van der Waals surface area contributed by atoms with Crippen molar-refractivity contribution in [2.75, 3.05) is 13.7 Å². The SMILES string of the molecule is CCOc1cc([C@H]2CCCC[C@H]2N)ccc1OC. The van der Waals surface area contributed by atoms with Crippen LogP contribution in [-0.4, -0.2) is 19.8 Å². The number of ether oxygens (including phenoxy) is 2. The van der Waals surface area contributed by atoms with E-state index >= 15 is 0 Å². The van der Waals surface area contributed by atoms with Crippen molar-refractivity contribution in [1.29, 1.82) is 0 Å². The molecule has 18 heavy (non-hydrogen) atoms. The molecule has 2 atom stereocenters. The van der Waals surface area contributed by atoms with Crippen molar-refractivity contribution < 1.29 is 9.47 Å². The Labute approximate surface area is 109 Å². The fraction of sp³-hybridized carbons (Fsp3) is 0.600. The van der Waals surface area contributed by atoms with Crippen LogP contribution >= 0.6 is 0 Å². The van der Waals surface area contributed by atoms with E-state index in [0.717, 1.165) is 17.9 Å². The normalized spacial score (nSPS) is 23.7. The molecule has 2 rings (SSSR count). The van der Waals surface area contributed by atoms with E-state index < -0.39 is 0 Å². The van der Waals surface area contributed by atoms with Crippen molar-refractivity contribution in [2.45, 2.75) is 44.6 Å². The lowest BCUT2D eigenvalue weighted by Gasteiger charge is -2.29. The predicted octanol–water partition coefficient (Wildman–Crippen LogP) is 3.08. The number of nitrogens with two attached hydrogens (primary N) is 1. The van der Waals surface area contributed by atoms with E-state index in [1.54, 1.807) is 7.11 Å². The molecule has 1 saturated carbocycles. The van der Waals surface area contributed by atoms with Crippen molar-refractivity contribution in [3.8, 4) is 11.5 Å². The first kappa shape index (κ1) is 13.2. The monoisotopic (exact) mass is 249 g/mol. The molecule has 0 bridgehead atoms. The van der Waals surface area contributed by atoms with Gasteiger partial charge in [0.25, 0.3) is 0 Å². The molecule has 0 radical (unpaired) electrons. The maximum Gasteiger partial charge on any atom is 0.161 e. The second kappa shape index (κ2) is 6.10. The van der Waals surface area contributed by atoms with Crippen LogP contribution in [0.15, 0.2) is 18.2 Å². The first-order valence-corrected chi connectivity index (χ1v) is 6.82. The van der Waals surface area contributed by atoms with Crippen LogP contribution in [0.2, 0.25) is 0 Å². The van der Waals surface area contributed by atoms with Crippen molar-refractivity contribution in [1.82, 2.24) is 0 Å². The fourth-order valence-corrected chi connectivity index (χ4v) is 2.77. The van der Waals surface area contributed by atoms with E-state index in [9.17, 15) is 0 Å². The Kier molecular flexibility index (Phi) is 4.48. The first-order chi connectivity index (χ1) is 8.76. The minimum atomic E-state index is 0.279. The summed E-state index contributed by atoms with van der Waals surface area (Å²) in [7, 11) is 1.67. The number of hydrogen-bond donors (Lipinski definition) is 1. The molecule has 0 aliphatic heterocycles. The highest BCUT2D eigenvalue weighted by Gasteiger charge is 2.24. The zero-order chi connectivity index (χ0) is 13.0. The van der Waals surface area contributed by atoms with Crippen molar-refractivity contribution in [3.63, 3.8) is 0 Å². The molecule has 1 aromatic rings. The summed E-state index contributed by atoms with van der Waals surface area (Å²) in [5.74, 6) is 2.09. The summed E-state index contributed by atoms with van der Waals surface area (Å²) in [5.41, 5.74) is 7.52. The van der Waals surface area contributed by atoms with Gasteiger partial charge in [-0.2, -0.15) is 0 Å². The molecule has 1 aliphatic rings. The lowest BCUT2D eigenvalue weighted by Crippen LogP contribution is -2.31. The molecule has 1 aromatic carbocycles. The molecule has 2 N–H and O–H groups in total. The van der Waals surface area contributed by atoms with E-state index in [4.69, 9.17) is 15.2 Å². The second-order valence-electron chi connectivity index (χ2n) is 4.90. The van der Waals surface area contributed by atoms with E-state index in [-0.39, 0.29) is 6.04 Å². The van der Waals surface area contributed by atoms with Gasteiger partial charge in [0.05, 0.1) is 13.7 Å². The number of benzene rings is 1. The van der Waals surface area contributed by atoms with Crippen LogP contribution < -0.4 is 15.2 Å². The highest BCUT2D eigenvalue weighted by molar-refractivity contribution is 5.44. The highest BCUT2D eigenvalue weighted by Crippen LogP contribution is 2.36. The van der Waals surface area contributed by atoms with Gasteiger partial charge >= 0.3 is 0 Å². The Morgan fingerprint density at radius 2 is 2.00 bits per heavy atom. The van der Waals surface area contributed by atoms with Crippen molar-refractivity contribution in [2.24, 2.45) is 5.73 Å². The maximum atomic E-state index is 6.23. The van der Waals surface area contributed by atoms with Gasteiger partial charge in [0.1, 0.15) is 0 Å². The van der Waals surface area contributed by atoms with Gasteiger partial charge in [-0.05, 0) is 43.4 Å². The third kappa shape index (κ3) is 2.78. The summed E-state index contributed by atoms with van der Waals surface area (Å²) in [4.78, 5) is 0. The second-order valence-corrected chi connectivity index (χ2v) is 4.90. The van der Waals surface area contributed by atoms with Crippen LogP contribution in [0.1, 0.15) is 44.1 Å². The molecular weight excluding hydrogens is 226 g/mol. The topological polar surface area (TPSA) is 44.5 Å². The summed E-state index contributed by atoms with van der Waals surface area (Å²) in [6, 6.07) is 6.48.